The van der Waals surface area contributed by atoms with E-state index in [0.717, 1.165) is 0 Å². The highest BCUT2D eigenvalue weighted by atomic mass is 16.6. The van der Waals surface area contributed by atoms with E-state index in [1.54, 1.807) is 53.9 Å². The Labute approximate surface area is 721 Å². The molecule has 718 valence electrons. The van der Waals surface area contributed by atoms with Gasteiger partial charge in [-0.15, -0.1) is 0 Å². The Morgan fingerprint density at radius 1 is 0.138 bits per heavy atom. The number of carbonyl (C=O) groups is 11. The number of hydrogen-bond donors (Lipinski definition) is 13. The number of Topliss-reactive ketones (excluding diaryl/α,β-unsaturated/α-hetero) is 1. The van der Waals surface area contributed by atoms with E-state index in [2.05, 4.69) is 0 Å². The zero-order valence-corrected chi connectivity index (χ0v) is 72.2. The van der Waals surface area contributed by atoms with E-state index < -0.39 is 72.1 Å². The van der Waals surface area contributed by atoms with Gasteiger partial charge in [-0.1, -0.05) is 0 Å². The van der Waals surface area contributed by atoms with E-state index >= 15 is 0 Å². The van der Waals surface area contributed by atoms with Gasteiger partial charge >= 0.3 is 59.7 Å². The van der Waals surface area contributed by atoms with Gasteiger partial charge in [0.2, 0.25) is 0 Å². The quantitative estimate of drug-likeness (QED) is 0.0199. The van der Waals surface area contributed by atoms with Gasteiger partial charge in [0.15, 0.2) is 5.78 Å². The van der Waals surface area contributed by atoms with Crippen LogP contribution < -0.4 is 0 Å². The highest BCUT2D eigenvalue weighted by molar-refractivity contribution is 5.79. The van der Waals surface area contributed by atoms with Crippen LogP contribution in [0.5, 0.6) is 0 Å². The molecular formula is C78H147N11O34. The van der Waals surface area contributed by atoms with Crippen molar-refractivity contribution in [3.05, 3.63) is 0 Å². The minimum Gasteiger partial charge on any atom is -0.464 e. The lowest BCUT2D eigenvalue weighted by Gasteiger charge is -2.24. The third kappa shape index (κ3) is 69.2. The Kier molecular flexibility index (Phi) is 76.8. The molecule has 0 aromatic carbocycles. The van der Waals surface area contributed by atoms with Crippen LogP contribution in [0.3, 0.4) is 0 Å². The molecule has 0 aliphatic rings. The predicted octanol–water partition coefficient (Wildman–Crippen LogP) is -9.50. The number of ether oxygens (including phenoxy) is 10. The molecule has 0 fully saturated rings. The molecule has 0 aliphatic carbocycles. The molecule has 0 radical (unpaired) electrons. The summed E-state index contributed by atoms with van der Waals surface area (Å²) in [7, 11) is 0. The fraction of sp³-hybridized carbons (Fsp3) is 0.859. The maximum Gasteiger partial charge on any atom is 0.307 e. The second-order valence-electron chi connectivity index (χ2n) is 28.1. The van der Waals surface area contributed by atoms with Crippen LogP contribution in [0.2, 0.25) is 0 Å². The van der Waals surface area contributed by atoms with Crippen LogP contribution in [0.1, 0.15) is 70.6 Å². The van der Waals surface area contributed by atoms with Gasteiger partial charge in [-0.3, -0.25) is 107 Å². The molecule has 0 saturated carbocycles. The smallest absolute Gasteiger partial charge is 0.307 e. The topological polar surface area (TPSA) is 579 Å². The minimum absolute atomic E-state index is 0.00681. The molecule has 45 heteroatoms. The Morgan fingerprint density at radius 3 is 0.341 bits per heavy atom. The zero-order valence-electron chi connectivity index (χ0n) is 72.2. The first-order chi connectivity index (χ1) is 59.5. The van der Waals surface area contributed by atoms with E-state index in [1.165, 1.54) is 0 Å². The monoisotopic (exact) mass is 1780 g/mol. The van der Waals surface area contributed by atoms with E-state index in [-0.39, 0.29) is 412 Å². The highest BCUT2D eigenvalue weighted by Gasteiger charge is 2.22. The van der Waals surface area contributed by atoms with E-state index in [9.17, 15) is 109 Å². The number of nitrogens with zero attached hydrogens (tertiary/aromatic N) is 11. The van der Waals surface area contributed by atoms with Crippen molar-refractivity contribution in [1.29, 1.82) is 0 Å². The van der Waals surface area contributed by atoms with Crippen molar-refractivity contribution in [3.8, 4) is 0 Å². The van der Waals surface area contributed by atoms with Gasteiger partial charge in [0.25, 0.3) is 0 Å². The molecular weight excluding hydrogens is 1630 g/mol. The van der Waals surface area contributed by atoms with Crippen molar-refractivity contribution in [2.75, 3.05) is 368 Å². The average molecular weight is 1780 g/mol. The fourth-order valence-corrected chi connectivity index (χ4v) is 11.8. The molecule has 0 aliphatic heterocycles. The van der Waals surface area contributed by atoms with Crippen molar-refractivity contribution < 1.29 is 166 Å². The van der Waals surface area contributed by atoms with Crippen LogP contribution >= 0.6 is 0 Å². The minimum atomic E-state index is -0.692. The summed E-state index contributed by atoms with van der Waals surface area (Å²) in [5.41, 5.74) is 0. The first-order valence-electron chi connectivity index (χ1n) is 42.5. The zero-order chi connectivity index (χ0) is 91.1. The standard InChI is InChI=1S/C78H147N11O34/c90-45-23-79(24-46-91)13-2-69(104)114-57-35-83(31-53-98)17-6-73(108)115-58-36-84(32-54-99)18-7-74(109)118-61-39-87(12-1-68(103)67-102)40-62-119-75(110)8-19-85(33-55-100)37-59-116-78(113)11-22-89(43-65-122-72(107)5-16-82(29-51-96)30-52-97)44-66-123-76(111)9-20-86(34-56-101)38-60-117-77(112)10-21-88(41-63-120-70(105)3-14-80(25-47-92)26-48-93)42-64-121-71(106)4-15-81(27-49-94)28-50-95/h90-102H,1-67H2. The Hall–Kier alpha value is -6.59. The Balaban J connectivity index is 5.48. The molecule has 45 nitrogen and oxygen atoms in total. The predicted molar refractivity (Wildman–Crippen MR) is 438 cm³/mol. The largest absolute Gasteiger partial charge is 0.464 e. The SMILES string of the molecule is O=C(CO)CCN(CCOC(=O)CCN(CCO)CCOC(=O)CCN(CCO)CCOC(=O)CCN(CCO)CCO)CCOC(=O)CCN(CCO)CCOC(=O)CCN(CCOC(=O)CCN(CCO)CCO)CCOC(=O)CCN(CCO)CCOC(=O)CCN(CCOC(=O)CCN(CCO)CCO)CCOC(=O)CCN(CCO)CCO. The summed E-state index contributed by atoms with van der Waals surface area (Å²) >= 11 is 0. The number of rotatable bonds is 88. The van der Waals surface area contributed by atoms with Gasteiger partial charge in [0, 0.05) is 222 Å². The average Bonchev–Trinajstić information content (AvgIpc) is 0.904. The van der Waals surface area contributed by atoms with Gasteiger partial charge < -0.3 is 114 Å². The maximum atomic E-state index is 13.2. The van der Waals surface area contributed by atoms with Gasteiger partial charge in [0.05, 0.1) is 143 Å². The Morgan fingerprint density at radius 2 is 0.236 bits per heavy atom. The molecule has 0 bridgehead atoms. The van der Waals surface area contributed by atoms with E-state index in [0.29, 0.717) is 19.6 Å². The van der Waals surface area contributed by atoms with Crippen LogP contribution in [0.25, 0.3) is 0 Å². The van der Waals surface area contributed by atoms with Crippen molar-refractivity contribution in [2.45, 2.75) is 70.6 Å². The maximum absolute atomic E-state index is 13.2. The van der Waals surface area contributed by atoms with Gasteiger partial charge in [-0.2, -0.15) is 0 Å². The lowest BCUT2D eigenvalue weighted by molar-refractivity contribution is -0.148. The first-order valence-corrected chi connectivity index (χ1v) is 42.5. The van der Waals surface area contributed by atoms with Crippen LogP contribution in [0, 0.1) is 0 Å². The molecule has 0 atom stereocenters. The van der Waals surface area contributed by atoms with Crippen molar-refractivity contribution in [2.24, 2.45) is 0 Å². The number of aliphatic hydroxyl groups is 13. The number of hydrogen-bond acceptors (Lipinski definition) is 45. The highest BCUT2D eigenvalue weighted by Crippen LogP contribution is 2.08. The number of ketones is 1. The molecule has 0 aromatic rings. The van der Waals surface area contributed by atoms with Gasteiger partial charge in [-0.25, -0.2) is 0 Å². The molecule has 13 N–H and O–H groups in total. The molecule has 0 rings (SSSR count). The normalized spacial score (nSPS) is 11.7. The Bertz CT molecular complexity index is 2670. The van der Waals surface area contributed by atoms with Crippen LogP contribution in [-0.4, -0.2) is 554 Å². The van der Waals surface area contributed by atoms with Crippen molar-refractivity contribution in [3.63, 3.8) is 0 Å². The summed E-state index contributed by atoms with van der Waals surface area (Å²) in [6, 6.07) is 0. The summed E-state index contributed by atoms with van der Waals surface area (Å²) in [6.07, 6.45) is -0.728. The number of carbonyl (C=O) groups excluding carboxylic acids is 11. The van der Waals surface area contributed by atoms with Crippen LogP contribution in [0.15, 0.2) is 0 Å². The lowest BCUT2D eigenvalue weighted by Crippen LogP contribution is -2.36. The molecule has 123 heavy (non-hydrogen) atoms. The van der Waals surface area contributed by atoms with Crippen LogP contribution in [-0.2, 0) is 100 Å². The van der Waals surface area contributed by atoms with Gasteiger partial charge in [-0.05, 0) is 0 Å². The van der Waals surface area contributed by atoms with E-state index in [1.807, 2.05) is 0 Å². The first kappa shape index (κ1) is 116. The summed E-state index contributed by atoms with van der Waals surface area (Å²) in [5, 5.41) is 123. The third-order valence-electron chi connectivity index (χ3n) is 18.9. The summed E-state index contributed by atoms with van der Waals surface area (Å²) < 4.78 is 54.4. The second kappa shape index (κ2) is 81.2. The molecule has 0 unspecified atom stereocenters. The summed E-state index contributed by atoms with van der Waals surface area (Å²) in [6.45, 7) is 1.98. The van der Waals surface area contributed by atoms with E-state index in [4.69, 9.17) is 57.6 Å². The molecule has 0 saturated heterocycles. The summed E-state index contributed by atoms with van der Waals surface area (Å²) in [4.78, 5) is 159. The van der Waals surface area contributed by atoms with Gasteiger partial charge in [0.1, 0.15) is 72.7 Å². The second-order valence-corrected chi connectivity index (χ2v) is 28.1. The van der Waals surface area contributed by atoms with Crippen molar-refractivity contribution >= 4 is 65.5 Å². The number of esters is 10. The molecule has 0 spiro atoms. The molecule has 0 amide bonds. The molecule has 0 aromatic heterocycles. The van der Waals surface area contributed by atoms with Crippen molar-refractivity contribution in [1.82, 2.24) is 53.9 Å². The summed E-state index contributed by atoms with van der Waals surface area (Å²) in [5.74, 6) is -6.09. The van der Waals surface area contributed by atoms with Crippen LogP contribution in [0.4, 0.5) is 0 Å². The third-order valence-corrected chi connectivity index (χ3v) is 18.9. The number of aliphatic hydroxyl groups excluding tert-OH is 13. The fourth-order valence-electron chi connectivity index (χ4n) is 11.8. The molecule has 0 heterocycles. The lowest BCUT2D eigenvalue weighted by atomic mass is 10.3.